The SMILES string of the molecule is CCn1nc(C)c(C=O)c1C1=Cc2cc(OC)ccc2-c2c(C3CCCCC3)c3ccc(C(=O)NS(=O)N(C)C)cc3n2C1. The number of hydrogen-bond acceptors (Lipinski definition) is 5. The van der Waals surface area contributed by atoms with E-state index >= 15 is 0 Å². The fourth-order valence-corrected chi connectivity index (χ4v) is 7.32. The third kappa shape index (κ3) is 5.20. The maximum atomic E-state index is 13.3. The van der Waals surface area contributed by atoms with Crippen molar-refractivity contribution in [3.8, 4) is 17.0 Å². The van der Waals surface area contributed by atoms with Crippen LogP contribution in [0.25, 0.3) is 33.8 Å². The van der Waals surface area contributed by atoms with Gasteiger partial charge in [0, 0.05) is 42.7 Å². The van der Waals surface area contributed by atoms with Crippen LogP contribution in [0.5, 0.6) is 5.75 Å². The molecule has 0 bridgehead atoms. The highest BCUT2D eigenvalue weighted by molar-refractivity contribution is 7.81. The molecule has 1 fully saturated rings. The van der Waals surface area contributed by atoms with Gasteiger partial charge in [0.05, 0.1) is 36.3 Å². The second kappa shape index (κ2) is 12.2. The van der Waals surface area contributed by atoms with Crippen molar-refractivity contribution in [2.24, 2.45) is 0 Å². The topological polar surface area (TPSA) is 98.5 Å². The first-order chi connectivity index (χ1) is 21.2. The summed E-state index contributed by atoms with van der Waals surface area (Å²) in [6, 6.07) is 12.0. The Bertz CT molecular complexity index is 1830. The predicted molar refractivity (Wildman–Crippen MR) is 175 cm³/mol. The minimum Gasteiger partial charge on any atom is -0.497 e. The van der Waals surface area contributed by atoms with Crippen LogP contribution in [0.15, 0.2) is 36.4 Å². The highest BCUT2D eigenvalue weighted by Gasteiger charge is 2.31. The lowest BCUT2D eigenvalue weighted by atomic mass is 9.81. The van der Waals surface area contributed by atoms with Crippen molar-refractivity contribution in [1.82, 2.24) is 23.4 Å². The maximum Gasteiger partial charge on any atom is 0.264 e. The van der Waals surface area contributed by atoms with Crippen LogP contribution in [0.2, 0.25) is 0 Å². The van der Waals surface area contributed by atoms with Crippen LogP contribution < -0.4 is 9.46 Å². The number of fused-ring (bicyclic) bond motifs is 5. The van der Waals surface area contributed by atoms with Gasteiger partial charge >= 0.3 is 0 Å². The smallest absolute Gasteiger partial charge is 0.264 e. The molecule has 1 N–H and O–H groups in total. The van der Waals surface area contributed by atoms with E-state index in [2.05, 4.69) is 33.6 Å². The molecule has 9 nitrogen and oxygen atoms in total. The zero-order valence-electron chi connectivity index (χ0n) is 26.0. The number of nitrogens with zero attached hydrogens (tertiary/aromatic N) is 4. The van der Waals surface area contributed by atoms with E-state index in [0.29, 0.717) is 35.8 Å². The monoisotopic (exact) mass is 613 g/mol. The van der Waals surface area contributed by atoms with Gasteiger partial charge in [0.15, 0.2) is 17.5 Å². The highest BCUT2D eigenvalue weighted by atomic mass is 32.2. The summed E-state index contributed by atoms with van der Waals surface area (Å²) in [5.41, 5.74) is 8.96. The lowest BCUT2D eigenvalue weighted by Crippen LogP contribution is -2.34. The number of nitrogens with one attached hydrogen (secondary N) is 1. The summed E-state index contributed by atoms with van der Waals surface area (Å²) in [6.45, 7) is 5.00. The first-order valence-corrected chi connectivity index (χ1v) is 16.3. The van der Waals surface area contributed by atoms with E-state index in [0.717, 1.165) is 63.9 Å². The molecule has 0 saturated heterocycles. The maximum absolute atomic E-state index is 13.3. The number of carbonyl (C=O) groups excluding carboxylic acids is 2. The van der Waals surface area contributed by atoms with Gasteiger partial charge in [-0.3, -0.25) is 19.0 Å². The summed E-state index contributed by atoms with van der Waals surface area (Å²) < 4.78 is 26.3. The van der Waals surface area contributed by atoms with Gasteiger partial charge in [-0.15, -0.1) is 0 Å². The van der Waals surface area contributed by atoms with E-state index in [1.807, 2.05) is 36.7 Å². The van der Waals surface area contributed by atoms with Gasteiger partial charge in [0.2, 0.25) is 0 Å². The number of aryl methyl sites for hydroxylation is 2. The molecule has 1 amide bonds. The minimum absolute atomic E-state index is 0.383. The second-order valence-electron chi connectivity index (χ2n) is 11.8. The average Bonchev–Trinajstić information content (AvgIpc) is 3.47. The van der Waals surface area contributed by atoms with Crippen LogP contribution >= 0.6 is 0 Å². The van der Waals surface area contributed by atoms with Crippen molar-refractivity contribution >= 4 is 45.9 Å². The van der Waals surface area contributed by atoms with E-state index in [-0.39, 0.29) is 0 Å². The highest BCUT2D eigenvalue weighted by Crippen LogP contribution is 2.48. The minimum atomic E-state index is -1.65. The summed E-state index contributed by atoms with van der Waals surface area (Å²) in [4.78, 5) is 25.7. The molecule has 2 aromatic carbocycles. The molecule has 2 aromatic heterocycles. The summed E-state index contributed by atoms with van der Waals surface area (Å²) >= 11 is -1.65. The number of benzene rings is 2. The Morgan fingerprint density at radius 2 is 1.91 bits per heavy atom. The van der Waals surface area contributed by atoms with Gasteiger partial charge in [-0.05, 0) is 85.7 Å². The van der Waals surface area contributed by atoms with Gasteiger partial charge in [0.25, 0.3) is 5.91 Å². The molecule has 1 aliphatic carbocycles. The molecule has 1 aliphatic heterocycles. The number of methoxy groups -OCH3 is 1. The summed E-state index contributed by atoms with van der Waals surface area (Å²) in [5, 5.41) is 5.82. The van der Waals surface area contributed by atoms with Crippen LogP contribution in [0.3, 0.4) is 0 Å². The van der Waals surface area contributed by atoms with Crippen molar-refractivity contribution in [3.63, 3.8) is 0 Å². The number of hydrogen-bond donors (Lipinski definition) is 1. The first-order valence-electron chi connectivity index (χ1n) is 15.2. The molecule has 44 heavy (non-hydrogen) atoms. The average molecular weight is 614 g/mol. The summed E-state index contributed by atoms with van der Waals surface area (Å²) in [5.74, 6) is 0.742. The summed E-state index contributed by atoms with van der Waals surface area (Å²) in [6.07, 6.45) is 8.89. The Kier molecular flexibility index (Phi) is 8.30. The van der Waals surface area contributed by atoms with Crippen LogP contribution in [-0.4, -0.2) is 56.3 Å². The Hall–Kier alpha value is -4.02. The van der Waals surface area contributed by atoms with Crippen LogP contribution in [0.4, 0.5) is 0 Å². The van der Waals surface area contributed by atoms with Gasteiger partial charge in [-0.2, -0.15) is 5.10 Å². The second-order valence-corrected chi connectivity index (χ2v) is 13.2. The Morgan fingerprint density at radius 3 is 2.59 bits per heavy atom. The Balaban J connectivity index is 1.64. The molecular formula is C34H39N5O4S. The first kappa shape index (κ1) is 30.0. The van der Waals surface area contributed by atoms with Gasteiger partial charge in [-0.1, -0.05) is 25.3 Å². The van der Waals surface area contributed by atoms with Crippen LogP contribution in [-0.2, 0) is 24.3 Å². The molecule has 0 radical (unpaired) electrons. The zero-order valence-corrected chi connectivity index (χ0v) is 26.8. The van der Waals surface area contributed by atoms with Gasteiger partial charge in [-0.25, -0.2) is 8.51 Å². The molecule has 2 aliphatic rings. The molecule has 1 atom stereocenters. The third-order valence-electron chi connectivity index (χ3n) is 8.96. The van der Waals surface area contributed by atoms with E-state index < -0.39 is 17.1 Å². The fraction of sp³-hybridized carbons (Fsp3) is 0.382. The lowest BCUT2D eigenvalue weighted by Gasteiger charge is -2.24. The normalized spacial score (nSPS) is 15.8. The molecule has 0 spiro atoms. The quantitative estimate of drug-likeness (QED) is 0.241. The number of ether oxygens (including phenoxy) is 1. The number of carbonyl (C=O) groups is 2. The molecule has 1 saturated carbocycles. The standard InChI is InChI=1S/C34H39N5O4S/c1-6-39-32(29(20-40)21(2)35-39)25-16-24-17-26(43-5)13-15-27(24)33-31(22-10-8-7-9-11-22)28-14-12-23(18-30(28)38(33)19-25)34(41)36-44(42)37(3)4/h12-18,20,22H,6-11,19H2,1-5H3,(H,36,41). The molecule has 6 rings (SSSR count). The number of rotatable bonds is 8. The van der Waals surface area contributed by atoms with E-state index in [9.17, 15) is 13.8 Å². The number of allylic oxidation sites excluding steroid dienone is 1. The fourth-order valence-electron chi connectivity index (χ4n) is 6.86. The van der Waals surface area contributed by atoms with Crippen LogP contribution in [0, 0.1) is 6.92 Å². The molecular weight excluding hydrogens is 574 g/mol. The molecule has 1 unspecified atom stereocenters. The van der Waals surface area contributed by atoms with Gasteiger partial charge < -0.3 is 9.30 Å². The Labute approximate surface area is 260 Å². The zero-order chi connectivity index (χ0) is 31.1. The van der Waals surface area contributed by atoms with Gasteiger partial charge in [0.1, 0.15) is 5.75 Å². The summed E-state index contributed by atoms with van der Waals surface area (Å²) in [7, 11) is 4.97. The lowest BCUT2D eigenvalue weighted by molar-refractivity contribution is 0.0981. The van der Waals surface area contributed by atoms with Crippen molar-refractivity contribution in [2.45, 2.75) is 65.0 Å². The number of amides is 1. The van der Waals surface area contributed by atoms with Crippen molar-refractivity contribution < 1.29 is 18.5 Å². The molecule has 10 heteroatoms. The van der Waals surface area contributed by atoms with Crippen LogP contribution in [0.1, 0.15) is 88.2 Å². The van der Waals surface area contributed by atoms with Crippen molar-refractivity contribution in [2.75, 3.05) is 21.2 Å². The van der Waals surface area contributed by atoms with E-state index in [1.165, 1.54) is 29.1 Å². The molecule has 3 heterocycles. The van der Waals surface area contributed by atoms with E-state index in [4.69, 9.17) is 9.84 Å². The van der Waals surface area contributed by atoms with Crippen molar-refractivity contribution in [3.05, 3.63) is 70.0 Å². The largest absolute Gasteiger partial charge is 0.497 e. The number of aldehydes is 1. The predicted octanol–water partition coefficient (Wildman–Crippen LogP) is 6.13. The molecule has 230 valence electrons. The third-order valence-corrected chi connectivity index (χ3v) is 9.98. The van der Waals surface area contributed by atoms with Crippen molar-refractivity contribution in [1.29, 1.82) is 0 Å². The number of aromatic nitrogens is 3. The Morgan fingerprint density at radius 1 is 1.14 bits per heavy atom. The van der Waals surface area contributed by atoms with E-state index in [1.54, 1.807) is 21.2 Å². The molecule has 4 aromatic rings.